The second-order valence-electron chi connectivity index (χ2n) is 5.52. The third-order valence-electron chi connectivity index (χ3n) is 3.95. The number of aliphatic hydroxyl groups is 2. The molecular weight excluding hydrogens is 310 g/mol. The van der Waals surface area contributed by atoms with E-state index >= 15 is 0 Å². The van der Waals surface area contributed by atoms with Crippen molar-refractivity contribution < 1.29 is 19.7 Å². The van der Waals surface area contributed by atoms with Gasteiger partial charge in [-0.05, 0) is 12.5 Å². The highest BCUT2D eigenvalue weighted by molar-refractivity contribution is 5.98. The van der Waals surface area contributed by atoms with Crippen LogP contribution >= 0.6 is 0 Å². The number of hydrogen-bond acceptors (Lipinski definition) is 6. The normalized spacial score (nSPS) is 20.2. The number of nitrogens with zero attached hydrogens (tertiary/aromatic N) is 2. The maximum atomic E-state index is 12.9. The zero-order chi connectivity index (χ0) is 17.4. The van der Waals surface area contributed by atoms with E-state index in [1.54, 1.807) is 11.2 Å². The summed E-state index contributed by atoms with van der Waals surface area (Å²) < 4.78 is 5.68. The standard InChI is InChI=1S/C17H25N3O4/c1-2-13-24-16-6-4-3-5-15(16)20(14-18-8-7-17(20)23)19(9-11-21)10-12-22/h3-8,21-22H,2,9-14H2,1H3/p+1. The fourth-order valence-corrected chi connectivity index (χ4v) is 2.89. The van der Waals surface area contributed by atoms with Gasteiger partial charge in [0.2, 0.25) is 5.69 Å². The van der Waals surface area contributed by atoms with Gasteiger partial charge >= 0.3 is 5.91 Å². The molecular formula is C17H26N3O4+. The Kier molecular flexibility index (Phi) is 6.74. The van der Waals surface area contributed by atoms with Gasteiger partial charge in [0, 0.05) is 12.3 Å². The number of para-hydroxylation sites is 2. The first kappa shape index (κ1) is 18.4. The summed E-state index contributed by atoms with van der Waals surface area (Å²) in [6.45, 7) is 3.14. The lowest BCUT2D eigenvalue weighted by Crippen LogP contribution is -2.69. The highest BCUT2D eigenvalue weighted by Crippen LogP contribution is 2.36. The van der Waals surface area contributed by atoms with Crippen molar-refractivity contribution in [1.82, 2.24) is 14.9 Å². The monoisotopic (exact) mass is 336 g/mol. The van der Waals surface area contributed by atoms with Crippen molar-refractivity contribution in [1.29, 1.82) is 0 Å². The van der Waals surface area contributed by atoms with Crippen LogP contribution in [-0.2, 0) is 4.79 Å². The van der Waals surface area contributed by atoms with Gasteiger partial charge < -0.3 is 20.3 Å². The van der Waals surface area contributed by atoms with E-state index in [2.05, 4.69) is 5.32 Å². The minimum Gasteiger partial charge on any atom is -0.487 e. The number of amides is 1. The Morgan fingerprint density at radius 2 is 1.96 bits per heavy atom. The van der Waals surface area contributed by atoms with E-state index in [0.29, 0.717) is 24.7 Å². The Balaban J connectivity index is 2.54. The Labute approximate surface area is 142 Å². The quantitative estimate of drug-likeness (QED) is 0.573. The number of benzene rings is 1. The number of aliphatic hydroxyl groups excluding tert-OH is 2. The zero-order valence-electron chi connectivity index (χ0n) is 14.0. The average Bonchev–Trinajstić information content (AvgIpc) is 2.61. The number of carbonyl (C=O) groups excluding carboxylic acids is 1. The summed E-state index contributed by atoms with van der Waals surface area (Å²) in [5.41, 5.74) is 0.690. The lowest BCUT2D eigenvalue weighted by molar-refractivity contribution is -0.145. The molecule has 1 aromatic carbocycles. The third-order valence-corrected chi connectivity index (χ3v) is 3.95. The molecule has 132 valence electrons. The molecule has 24 heavy (non-hydrogen) atoms. The average molecular weight is 336 g/mol. The maximum absolute atomic E-state index is 12.9. The van der Waals surface area contributed by atoms with E-state index in [4.69, 9.17) is 4.74 Å². The second kappa shape index (κ2) is 8.79. The van der Waals surface area contributed by atoms with Gasteiger partial charge in [0.15, 0.2) is 12.4 Å². The van der Waals surface area contributed by atoms with Crippen LogP contribution in [0.3, 0.4) is 0 Å². The van der Waals surface area contributed by atoms with Gasteiger partial charge in [0.1, 0.15) is 0 Å². The highest BCUT2D eigenvalue weighted by Gasteiger charge is 2.47. The molecule has 0 saturated carbocycles. The van der Waals surface area contributed by atoms with Crippen molar-refractivity contribution in [2.45, 2.75) is 13.3 Å². The van der Waals surface area contributed by atoms with Crippen molar-refractivity contribution in [2.75, 3.05) is 39.6 Å². The molecule has 1 aliphatic rings. The molecule has 0 spiro atoms. The number of ether oxygens (including phenoxy) is 1. The zero-order valence-corrected chi connectivity index (χ0v) is 14.0. The summed E-state index contributed by atoms with van der Waals surface area (Å²) in [4.78, 5) is 12.9. The number of rotatable bonds is 9. The van der Waals surface area contributed by atoms with Crippen LogP contribution in [0.5, 0.6) is 5.75 Å². The smallest absolute Gasteiger partial charge is 0.366 e. The van der Waals surface area contributed by atoms with Gasteiger partial charge in [-0.25, -0.2) is 4.79 Å². The molecule has 0 aromatic heterocycles. The molecule has 0 aliphatic carbocycles. The van der Waals surface area contributed by atoms with Crippen LogP contribution in [0, 0.1) is 0 Å². The van der Waals surface area contributed by atoms with Crippen LogP contribution in [-0.4, -0.2) is 60.7 Å². The van der Waals surface area contributed by atoms with Crippen LogP contribution in [0.1, 0.15) is 13.3 Å². The van der Waals surface area contributed by atoms with Crippen LogP contribution in [0.2, 0.25) is 0 Å². The number of nitrogens with one attached hydrogen (secondary N) is 1. The van der Waals surface area contributed by atoms with Gasteiger partial charge in [-0.15, -0.1) is 9.60 Å². The fraction of sp³-hybridized carbons (Fsp3) is 0.471. The topological polar surface area (TPSA) is 82.0 Å². The predicted molar refractivity (Wildman–Crippen MR) is 91.9 cm³/mol. The molecule has 0 radical (unpaired) electrons. The molecule has 0 fully saturated rings. The molecule has 1 amide bonds. The molecule has 0 bridgehead atoms. The lowest BCUT2D eigenvalue weighted by Gasteiger charge is -2.43. The highest BCUT2D eigenvalue weighted by atomic mass is 16.5. The number of hydrogen-bond donors (Lipinski definition) is 3. The van der Waals surface area contributed by atoms with Gasteiger partial charge in [-0.2, -0.15) is 0 Å². The molecule has 0 saturated heterocycles. The van der Waals surface area contributed by atoms with Crippen LogP contribution in [0.25, 0.3) is 0 Å². The molecule has 1 aromatic rings. The Hall–Kier alpha value is -1.93. The van der Waals surface area contributed by atoms with Gasteiger partial charge in [-0.3, -0.25) is 0 Å². The number of quaternary nitrogens is 1. The van der Waals surface area contributed by atoms with E-state index in [1.165, 1.54) is 6.08 Å². The largest absolute Gasteiger partial charge is 0.487 e. The first-order valence-electron chi connectivity index (χ1n) is 8.22. The third kappa shape index (κ3) is 3.59. The molecule has 7 nitrogen and oxygen atoms in total. The Morgan fingerprint density at radius 1 is 1.25 bits per heavy atom. The van der Waals surface area contributed by atoms with Crippen molar-refractivity contribution in [2.24, 2.45) is 0 Å². The van der Waals surface area contributed by atoms with E-state index < -0.39 is 0 Å². The first-order chi connectivity index (χ1) is 11.7. The van der Waals surface area contributed by atoms with E-state index in [1.807, 2.05) is 31.2 Å². The number of carbonyl (C=O) groups is 1. The minimum absolute atomic E-state index is 0.116. The van der Waals surface area contributed by atoms with E-state index in [9.17, 15) is 15.0 Å². The fourth-order valence-electron chi connectivity index (χ4n) is 2.89. The predicted octanol–water partition coefficient (Wildman–Crippen LogP) is 0.585. The first-order valence-corrected chi connectivity index (χ1v) is 8.22. The summed E-state index contributed by atoms with van der Waals surface area (Å²) in [5.74, 6) is 0.480. The lowest BCUT2D eigenvalue weighted by atomic mass is 10.2. The van der Waals surface area contributed by atoms with Crippen LogP contribution in [0.4, 0.5) is 5.69 Å². The molecule has 2 rings (SSSR count). The second-order valence-corrected chi connectivity index (χ2v) is 5.52. The van der Waals surface area contributed by atoms with E-state index in [-0.39, 0.29) is 36.8 Å². The van der Waals surface area contributed by atoms with Crippen molar-refractivity contribution >= 4 is 11.6 Å². The van der Waals surface area contributed by atoms with Crippen molar-refractivity contribution in [3.8, 4) is 5.75 Å². The molecule has 1 atom stereocenters. The van der Waals surface area contributed by atoms with Crippen LogP contribution < -0.4 is 14.6 Å². The van der Waals surface area contributed by atoms with Gasteiger partial charge in [-0.1, -0.05) is 19.1 Å². The summed E-state index contributed by atoms with van der Waals surface area (Å²) in [6.07, 6.45) is 3.95. The van der Waals surface area contributed by atoms with E-state index in [0.717, 1.165) is 6.42 Å². The maximum Gasteiger partial charge on any atom is 0.366 e. The molecule has 1 heterocycles. The summed E-state index contributed by atoms with van der Waals surface area (Å²) in [7, 11) is 0. The molecule has 7 heteroatoms. The summed E-state index contributed by atoms with van der Waals surface area (Å²) in [6, 6.07) is 7.42. The van der Waals surface area contributed by atoms with Gasteiger partial charge in [0.05, 0.1) is 39.0 Å². The minimum atomic E-state index is -0.169. The molecule has 1 aliphatic heterocycles. The Morgan fingerprint density at radius 3 is 2.58 bits per heavy atom. The molecule has 3 N–H and O–H groups in total. The molecule has 1 unspecified atom stereocenters. The SMILES string of the molecule is CCCOc1ccccc1[N+]1(N(CCO)CCO)CNC=CC1=O. The van der Waals surface area contributed by atoms with Crippen molar-refractivity contribution in [3.05, 3.63) is 36.5 Å². The van der Waals surface area contributed by atoms with Crippen LogP contribution in [0.15, 0.2) is 36.5 Å². The Bertz CT molecular complexity index is 573. The summed E-state index contributed by atoms with van der Waals surface area (Å²) in [5, 5.41) is 23.7. The van der Waals surface area contributed by atoms with Gasteiger partial charge in [0.25, 0.3) is 0 Å². The van der Waals surface area contributed by atoms with Crippen molar-refractivity contribution in [3.63, 3.8) is 0 Å². The summed E-state index contributed by atoms with van der Waals surface area (Å²) >= 11 is 0.